The molecule has 0 spiro atoms. The Morgan fingerprint density at radius 1 is 1.41 bits per heavy atom. The first-order valence-electron chi connectivity index (χ1n) is 5.58. The van der Waals surface area contributed by atoms with E-state index in [0.29, 0.717) is 12.8 Å². The molecular formula is C11H18N2O4. The van der Waals surface area contributed by atoms with E-state index in [-0.39, 0.29) is 6.54 Å². The molecule has 1 amide bonds. The summed E-state index contributed by atoms with van der Waals surface area (Å²) in [4.78, 5) is 22.7. The van der Waals surface area contributed by atoms with E-state index >= 15 is 0 Å². The molecule has 0 aliphatic heterocycles. The summed E-state index contributed by atoms with van der Waals surface area (Å²) in [5.74, 6) is -1.43. The van der Waals surface area contributed by atoms with Gasteiger partial charge in [0.15, 0.2) is 0 Å². The van der Waals surface area contributed by atoms with Gasteiger partial charge in [0.2, 0.25) is 5.91 Å². The van der Waals surface area contributed by atoms with Crippen LogP contribution < -0.4 is 10.6 Å². The predicted octanol–water partition coefficient (Wildman–Crippen LogP) is -0.406. The summed E-state index contributed by atoms with van der Waals surface area (Å²) < 4.78 is 0. The fourth-order valence-electron chi connectivity index (χ4n) is 1.96. The number of carbonyl (C=O) groups is 2. The largest absolute Gasteiger partial charge is 0.480 e. The van der Waals surface area contributed by atoms with E-state index in [1.165, 1.54) is 6.08 Å². The highest BCUT2D eigenvalue weighted by Gasteiger charge is 2.42. The van der Waals surface area contributed by atoms with E-state index in [1.54, 1.807) is 0 Å². The van der Waals surface area contributed by atoms with E-state index < -0.39 is 23.6 Å². The molecule has 6 heteroatoms. The highest BCUT2D eigenvalue weighted by Crippen LogP contribution is 2.29. The van der Waals surface area contributed by atoms with Crippen LogP contribution in [0.5, 0.6) is 0 Å². The van der Waals surface area contributed by atoms with Crippen molar-refractivity contribution in [1.29, 1.82) is 0 Å². The molecule has 96 valence electrons. The maximum absolute atomic E-state index is 11.5. The predicted molar refractivity (Wildman–Crippen MR) is 61.2 cm³/mol. The highest BCUT2D eigenvalue weighted by atomic mass is 16.4. The first-order valence-corrected chi connectivity index (χ1v) is 5.58. The lowest BCUT2D eigenvalue weighted by molar-refractivity contribution is -0.147. The van der Waals surface area contributed by atoms with Gasteiger partial charge in [-0.25, -0.2) is 4.79 Å². The second-order valence-electron chi connectivity index (χ2n) is 4.20. The molecule has 1 unspecified atom stereocenters. The van der Waals surface area contributed by atoms with Crippen LogP contribution in [0.1, 0.15) is 25.7 Å². The molecular weight excluding hydrogens is 224 g/mol. The highest BCUT2D eigenvalue weighted by molar-refractivity contribution is 5.88. The Kier molecular flexibility index (Phi) is 4.65. The first kappa shape index (κ1) is 13.7. The minimum absolute atomic E-state index is 0.137. The lowest BCUT2D eigenvalue weighted by Gasteiger charge is -2.25. The molecule has 1 rings (SSSR count). The quantitative estimate of drug-likeness (QED) is 0.375. The number of nitrogens with one attached hydrogen (secondary N) is 2. The van der Waals surface area contributed by atoms with Crippen molar-refractivity contribution in [3.8, 4) is 0 Å². The van der Waals surface area contributed by atoms with Crippen LogP contribution in [0, 0.1) is 0 Å². The minimum Gasteiger partial charge on any atom is -0.480 e. The maximum Gasteiger partial charge on any atom is 0.329 e. The van der Waals surface area contributed by atoms with Gasteiger partial charge in [-0.2, -0.15) is 0 Å². The Balaban J connectivity index is 2.48. The lowest BCUT2D eigenvalue weighted by atomic mass is 9.98. The zero-order chi connectivity index (χ0) is 12.9. The van der Waals surface area contributed by atoms with Gasteiger partial charge in [-0.1, -0.05) is 19.4 Å². The second-order valence-corrected chi connectivity index (χ2v) is 4.20. The molecule has 0 aromatic rings. The molecule has 1 atom stereocenters. The van der Waals surface area contributed by atoms with Gasteiger partial charge < -0.3 is 15.5 Å². The van der Waals surface area contributed by atoms with Gasteiger partial charge in [0.05, 0.1) is 6.54 Å². The Hall–Kier alpha value is -1.40. The Morgan fingerprint density at radius 3 is 2.47 bits per heavy atom. The molecule has 1 aliphatic rings. The number of amides is 1. The summed E-state index contributed by atoms with van der Waals surface area (Å²) in [6.45, 7) is 3.21. The summed E-state index contributed by atoms with van der Waals surface area (Å²) in [5, 5.41) is 23.3. The summed E-state index contributed by atoms with van der Waals surface area (Å²) in [5.41, 5.74) is -1.13. The maximum atomic E-state index is 11.5. The van der Waals surface area contributed by atoms with Crippen molar-refractivity contribution in [3.63, 3.8) is 0 Å². The van der Waals surface area contributed by atoms with Crippen molar-refractivity contribution in [1.82, 2.24) is 10.6 Å². The number of carbonyl (C=O) groups excluding carboxylic acids is 1. The van der Waals surface area contributed by atoms with Gasteiger partial charge in [0.1, 0.15) is 11.8 Å². The summed E-state index contributed by atoms with van der Waals surface area (Å²) >= 11 is 0. The van der Waals surface area contributed by atoms with Crippen LogP contribution >= 0.6 is 0 Å². The average molecular weight is 242 g/mol. The molecule has 0 saturated heterocycles. The zero-order valence-electron chi connectivity index (χ0n) is 9.61. The van der Waals surface area contributed by atoms with Gasteiger partial charge in [-0.15, -0.1) is 0 Å². The SMILES string of the molecule is C=CC(O)NCC(=O)NC1(C(=O)O)CCCC1. The number of aliphatic hydroxyl groups excluding tert-OH is 1. The van der Waals surface area contributed by atoms with Crippen LogP contribution in [0.3, 0.4) is 0 Å². The van der Waals surface area contributed by atoms with E-state index in [4.69, 9.17) is 10.2 Å². The van der Waals surface area contributed by atoms with E-state index in [1.807, 2.05) is 0 Å². The third kappa shape index (κ3) is 3.54. The van der Waals surface area contributed by atoms with Gasteiger partial charge >= 0.3 is 5.97 Å². The summed E-state index contributed by atoms with van der Waals surface area (Å²) in [6, 6.07) is 0. The standard InChI is InChI=1S/C11H18N2O4/c1-2-8(14)12-7-9(15)13-11(10(16)17)5-3-4-6-11/h2,8,12,14H,1,3-7H2,(H,13,15)(H,16,17). The number of carboxylic acid groups (broad SMARTS) is 1. The lowest BCUT2D eigenvalue weighted by Crippen LogP contribution is -2.55. The van der Waals surface area contributed by atoms with Gasteiger partial charge in [-0.05, 0) is 18.9 Å². The van der Waals surface area contributed by atoms with Crippen LogP contribution in [0.2, 0.25) is 0 Å². The third-order valence-corrected chi connectivity index (χ3v) is 2.94. The molecule has 17 heavy (non-hydrogen) atoms. The van der Waals surface area contributed by atoms with Crippen LogP contribution in [-0.4, -0.2) is 40.4 Å². The topological polar surface area (TPSA) is 98.7 Å². The molecule has 1 fully saturated rings. The summed E-state index contributed by atoms with van der Waals surface area (Å²) in [6.07, 6.45) is 2.79. The van der Waals surface area contributed by atoms with Gasteiger partial charge in [-0.3, -0.25) is 10.1 Å². The van der Waals surface area contributed by atoms with Crippen LogP contribution in [-0.2, 0) is 9.59 Å². The molecule has 4 N–H and O–H groups in total. The van der Waals surface area contributed by atoms with Gasteiger partial charge in [0.25, 0.3) is 0 Å². The van der Waals surface area contributed by atoms with Gasteiger partial charge in [0, 0.05) is 0 Å². The molecule has 0 aromatic heterocycles. The fourth-order valence-corrected chi connectivity index (χ4v) is 1.96. The van der Waals surface area contributed by atoms with Crippen molar-refractivity contribution in [3.05, 3.63) is 12.7 Å². The molecule has 0 radical (unpaired) electrons. The van der Waals surface area contributed by atoms with E-state index in [0.717, 1.165) is 12.8 Å². The molecule has 1 aliphatic carbocycles. The number of aliphatic hydroxyl groups is 1. The van der Waals surface area contributed by atoms with Crippen molar-refractivity contribution in [2.45, 2.75) is 37.5 Å². The molecule has 1 saturated carbocycles. The smallest absolute Gasteiger partial charge is 0.329 e. The Morgan fingerprint density at radius 2 is 2.00 bits per heavy atom. The molecule has 6 nitrogen and oxygen atoms in total. The number of aliphatic carboxylic acids is 1. The first-order chi connectivity index (χ1) is 8.00. The van der Waals surface area contributed by atoms with Crippen LogP contribution in [0.4, 0.5) is 0 Å². The molecule has 0 heterocycles. The zero-order valence-corrected chi connectivity index (χ0v) is 9.61. The van der Waals surface area contributed by atoms with Crippen molar-refractivity contribution >= 4 is 11.9 Å². The number of carboxylic acids is 1. The number of hydrogen-bond acceptors (Lipinski definition) is 4. The Labute approximate surface area is 99.7 Å². The molecule has 0 bridgehead atoms. The summed E-state index contributed by atoms with van der Waals surface area (Å²) in [7, 11) is 0. The average Bonchev–Trinajstić information content (AvgIpc) is 2.75. The second kappa shape index (κ2) is 5.79. The third-order valence-electron chi connectivity index (χ3n) is 2.94. The number of hydrogen-bond donors (Lipinski definition) is 4. The number of rotatable bonds is 6. The monoisotopic (exact) mass is 242 g/mol. The van der Waals surface area contributed by atoms with E-state index in [2.05, 4.69) is 17.2 Å². The van der Waals surface area contributed by atoms with E-state index in [9.17, 15) is 9.59 Å². The van der Waals surface area contributed by atoms with Crippen molar-refractivity contribution < 1.29 is 19.8 Å². The fraction of sp³-hybridized carbons (Fsp3) is 0.636. The Bertz CT molecular complexity index is 311. The normalized spacial score (nSPS) is 19.6. The van der Waals surface area contributed by atoms with Crippen LogP contribution in [0.25, 0.3) is 0 Å². The molecule has 0 aromatic carbocycles. The van der Waals surface area contributed by atoms with Crippen LogP contribution in [0.15, 0.2) is 12.7 Å². The van der Waals surface area contributed by atoms with Crippen molar-refractivity contribution in [2.75, 3.05) is 6.54 Å². The minimum atomic E-state index is -1.13. The van der Waals surface area contributed by atoms with Crippen molar-refractivity contribution in [2.24, 2.45) is 0 Å².